The summed E-state index contributed by atoms with van der Waals surface area (Å²) in [6.45, 7) is 4.05. The SMILES string of the molecule is CC1CN(S(=O)(=O)c2ccc(NC(=O)C(F)(F)c3ccccc3)cc2)CC(C)O1. The van der Waals surface area contributed by atoms with Gasteiger partial charge in [-0.15, -0.1) is 0 Å². The van der Waals surface area contributed by atoms with Crippen molar-refractivity contribution in [2.75, 3.05) is 18.4 Å². The number of sulfonamides is 1. The summed E-state index contributed by atoms with van der Waals surface area (Å²) < 4.78 is 61.1. The summed E-state index contributed by atoms with van der Waals surface area (Å²) in [7, 11) is -3.75. The summed E-state index contributed by atoms with van der Waals surface area (Å²) in [5.74, 6) is -5.21. The lowest BCUT2D eigenvalue weighted by molar-refractivity contribution is -0.140. The van der Waals surface area contributed by atoms with Crippen LogP contribution in [0.25, 0.3) is 0 Å². The van der Waals surface area contributed by atoms with Crippen molar-refractivity contribution < 1.29 is 26.7 Å². The number of morpholine rings is 1. The summed E-state index contributed by atoms with van der Waals surface area (Å²) in [6.07, 6.45) is -0.459. The first-order valence-electron chi connectivity index (χ1n) is 9.11. The lowest BCUT2D eigenvalue weighted by Gasteiger charge is -2.34. The van der Waals surface area contributed by atoms with E-state index in [4.69, 9.17) is 4.74 Å². The molecule has 9 heteroatoms. The summed E-state index contributed by atoms with van der Waals surface area (Å²) >= 11 is 0. The molecule has 2 aromatic rings. The highest BCUT2D eigenvalue weighted by Gasteiger charge is 2.40. The maximum absolute atomic E-state index is 14.3. The van der Waals surface area contributed by atoms with Crippen LogP contribution in [0.1, 0.15) is 19.4 Å². The lowest BCUT2D eigenvalue weighted by atomic mass is 10.1. The molecular weight excluding hydrogens is 402 g/mol. The first-order chi connectivity index (χ1) is 13.6. The number of hydrogen-bond acceptors (Lipinski definition) is 4. The van der Waals surface area contributed by atoms with E-state index in [-0.39, 0.29) is 35.9 Å². The number of amides is 1. The van der Waals surface area contributed by atoms with Crippen LogP contribution in [0.3, 0.4) is 0 Å². The summed E-state index contributed by atoms with van der Waals surface area (Å²) in [6, 6.07) is 11.9. The van der Waals surface area contributed by atoms with Crippen LogP contribution in [-0.4, -0.2) is 43.9 Å². The molecule has 1 N–H and O–H groups in total. The maximum atomic E-state index is 14.3. The molecule has 1 aliphatic rings. The highest BCUT2D eigenvalue weighted by Crippen LogP contribution is 2.30. The molecule has 1 amide bonds. The standard InChI is InChI=1S/C20H22F2N2O4S/c1-14-12-24(13-15(2)28-14)29(26,27)18-10-8-17(9-11-18)23-19(25)20(21,22)16-6-4-3-5-7-16/h3-11,14-15H,12-13H2,1-2H3,(H,23,25). The first-order valence-corrected chi connectivity index (χ1v) is 10.5. The predicted octanol–water partition coefficient (Wildman–Crippen LogP) is 3.22. The molecule has 156 valence electrons. The Morgan fingerprint density at radius 1 is 1.03 bits per heavy atom. The van der Waals surface area contributed by atoms with E-state index in [1.165, 1.54) is 52.8 Å². The van der Waals surface area contributed by atoms with E-state index in [9.17, 15) is 22.0 Å². The molecule has 1 saturated heterocycles. The van der Waals surface area contributed by atoms with Gasteiger partial charge in [0.05, 0.1) is 17.1 Å². The van der Waals surface area contributed by atoms with Crippen LogP contribution < -0.4 is 5.32 Å². The van der Waals surface area contributed by atoms with Crippen molar-refractivity contribution in [3.63, 3.8) is 0 Å². The largest absolute Gasteiger partial charge is 0.373 e. The molecule has 2 atom stereocenters. The number of nitrogens with zero attached hydrogens (tertiary/aromatic N) is 1. The third kappa shape index (κ3) is 4.63. The van der Waals surface area contributed by atoms with Gasteiger partial charge in [-0.1, -0.05) is 30.3 Å². The van der Waals surface area contributed by atoms with Crippen molar-refractivity contribution in [2.24, 2.45) is 0 Å². The molecular formula is C20H22F2N2O4S. The van der Waals surface area contributed by atoms with E-state index in [2.05, 4.69) is 5.32 Å². The molecule has 0 radical (unpaired) electrons. The van der Waals surface area contributed by atoms with Gasteiger partial charge in [-0.2, -0.15) is 13.1 Å². The molecule has 3 rings (SSSR count). The third-order valence-corrected chi connectivity index (χ3v) is 6.40. The fourth-order valence-corrected chi connectivity index (χ4v) is 4.76. The van der Waals surface area contributed by atoms with Crippen LogP contribution in [0.2, 0.25) is 0 Å². The molecule has 1 fully saturated rings. The number of carbonyl (C=O) groups is 1. The highest BCUT2D eigenvalue weighted by molar-refractivity contribution is 7.89. The zero-order chi connectivity index (χ0) is 21.2. The van der Waals surface area contributed by atoms with Gasteiger partial charge in [-0.3, -0.25) is 4.79 Å². The number of carbonyl (C=O) groups excluding carboxylic acids is 1. The Labute approximate surface area is 168 Å². The Kier molecular flexibility index (Phi) is 6.02. The maximum Gasteiger partial charge on any atom is 0.350 e. The Morgan fingerprint density at radius 3 is 2.14 bits per heavy atom. The number of ether oxygens (including phenoxy) is 1. The van der Waals surface area contributed by atoms with Crippen molar-refractivity contribution in [1.29, 1.82) is 0 Å². The van der Waals surface area contributed by atoms with E-state index in [1.807, 2.05) is 0 Å². The van der Waals surface area contributed by atoms with E-state index in [0.717, 1.165) is 0 Å². The lowest BCUT2D eigenvalue weighted by Crippen LogP contribution is -2.48. The normalized spacial score (nSPS) is 21.0. The van der Waals surface area contributed by atoms with Gasteiger partial charge >= 0.3 is 5.92 Å². The van der Waals surface area contributed by atoms with Crippen molar-refractivity contribution in [2.45, 2.75) is 36.9 Å². The second-order valence-electron chi connectivity index (χ2n) is 7.00. The van der Waals surface area contributed by atoms with E-state index < -0.39 is 27.4 Å². The predicted molar refractivity (Wildman–Crippen MR) is 104 cm³/mol. The second-order valence-corrected chi connectivity index (χ2v) is 8.94. The number of nitrogens with one attached hydrogen (secondary N) is 1. The van der Waals surface area contributed by atoms with Gasteiger partial charge in [0.25, 0.3) is 5.91 Å². The molecule has 0 aromatic heterocycles. The van der Waals surface area contributed by atoms with Gasteiger partial charge in [-0.25, -0.2) is 8.42 Å². The minimum absolute atomic E-state index is 0.0200. The van der Waals surface area contributed by atoms with Gasteiger partial charge in [-0.05, 0) is 38.1 Å². The van der Waals surface area contributed by atoms with Gasteiger partial charge in [0.2, 0.25) is 10.0 Å². The zero-order valence-corrected chi connectivity index (χ0v) is 16.8. The topological polar surface area (TPSA) is 75.7 Å². The average Bonchev–Trinajstić information content (AvgIpc) is 2.68. The average molecular weight is 424 g/mol. The van der Waals surface area contributed by atoms with E-state index in [1.54, 1.807) is 19.9 Å². The molecule has 1 heterocycles. The monoisotopic (exact) mass is 424 g/mol. The van der Waals surface area contributed by atoms with Crippen LogP contribution in [0.5, 0.6) is 0 Å². The van der Waals surface area contributed by atoms with E-state index >= 15 is 0 Å². The Balaban J connectivity index is 1.74. The number of anilines is 1. The van der Waals surface area contributed by atoms with Crippen LogP contribution in [-0.2, 0) is 25.5 Å². The van der Waals surface area contributed by atoms with Gasteiger partial charge < -0.3 is 10.1 Å². The van der Waals surface area contributed by atoms with Crippen molar-refractivity contribution >= 4 is 21.6 Å². The fourth-order valence-electron chi connectivity index (χ4n) is 3.17. The van der Waals surface area contributed by atoms with E-state index in [0.29, 0.717) is 0 Å². The number of rotatable bonds is 5. The van der Waals surface area contributed by atoms with Crippen LogP contribution >= 0.6 is 0 Å². The number of hydrogen-bond donors (Lipinski definition) is 1. The van der Waals surface area contributed by atoms with Crippen molar-refractivity contribution in [3.8, 4) is 0 Å². The molecule has 0 aliphatic carbocycles. The second kappa shape index (κ2) is 8.17. The van der Waals surface area contributed by atoms with Gasteiger partial charge in [0.1, 0.15) is 0 Å². The molecule has 2 aromatic carbocycles. The first kappa shape index (κ1) is 21.4. The molecule has 2 unspecified atom stereocenters. The van der Waals surface area contributed by atoms with Gasteiger partial charge in [0.15, 0.2) is 0 Å². The molecule has 29 heavy (non-hydrogen) atoms. The fraction of sp³-hybridized carbons (Fsp3) is 0.350. The molecule has 1 aliphatic heterocycles. The smallest absolute Gasteiger partial charge is 0.350 e. The quantitative estimate of drug-likeness (QED) is 0.800. The van der Waals surface area contributed by atoms with Crippen LogP contribution in [0.4, 0.5) is 14.5 Å². The minimum Gasteiger partial charge on any atom is -0.373 e. The summed E-state index contributed by atoms with van der Waals surface area (Å²) in [5.41, 5.74) is -0.347. The van der Waals surface area contributed by atoms with Crippen molar-refractivity contribution in [1.82, 2.24) is 4.31 Å². The number of benzene rings is 2. The Morgan fingerprint density at radius 2 is 1.59 bits per heavy atom. The minimum atomic E-state index is -3.75. The highest BCUT2D eigenvalue weighted by atomic mass is 32.2. The molecule has 0 spiro atoms. The van der Waals surface area contributed by atoms with Crippen molar-refractivity contribution in [3.05, 3.63) is 60.2 Å². The molecule has 6 nitrogen and oxygen atoms in total. The zero-order valence-electron chi connectivity index (χ0n) is 16.0. The summed E-state index contributed by atoms with van der Waals surface area (Å²) in [4.78, 5) is 12.1. The van der Waals surface area contributed by atoms with Crippen LogP contribution in [0, 0.1) is 0 Å². The Hall–Kier alpha value is -2.36. The summed E-state index contributed by atoms with van der Waals surface area (Å²) in [5, 5.41) is 2.14. The van der Waals surface area contributed by atoms with Gasteiger partial charge in [0, 0.05) is 24.3 Å². The Bertz CT molecular complexity index is 956. The molecule has 0 saturated carbocycles. The third-order valence-electron chi connectivity index (χ3n) is 4.56. The number of halogens is 2. The molecule has 0 bridgehead atoms. The number of alkyl halides is 2. The van der Waals surface area contributed by atoms with Crippen LogP contribution in [0.15, 0.2) is 59.5 Å².